The summed E-state index contributed by atoms with van der Waals surface area (Å²) >= 11 is 0. The number of nitrogens with one attached hydrogen (secondary N) is 1. The Morgan fingerprint density at radius 2 is 1.61 bits per heavy atom. The average Bonchev–Trinajstić information content (AvgIpc) is 3.21. The Morgan fingerprint density at radius 3 is 2.23 bits per heavy atom. The zero-order chi connectivity index (χ0) is 21.7. The first-order chi connectivity index (χ1) is 15.1. The molecular formula is C25H20FNO4. The topological polar surface area (TPSA) is 64.6 Å². The average molecular weight is 417 g/mol. The van der Waals surface area contributed by atoms with Gasteiger partial charge in [0, 0.05) is 11.6 Å². The Balaban J connectivity index is 1.67. The molecule has 0 saturated heterocycles. The third-order valence-electron chi connectivity index (χ3n) is 5.07. The Bertz CT molecular complexity index is 1080. The van der Waals surface area contributed by atoms with Crippen LogP contribution in [0.4, 0.5) is 9.18 Å². The molecule has 0 spiro atoms. The lowest BCUT2D eigenvalue weighted by Crippen LogP contribution is -2.44. The summed E-state index contributed by atoms with van der Waals surface area (Å²) in [6.07, 6.45) is 2.24. The van der Waals surface area contributed by atoms with Crippen molar-refractivity contribution in [2.24, 2.45) is 0 Å². The van der Waals surface area contributed by atoms with Crippen LogP contribution < -0.4 is 5.32 Å². The second kappa shape index (κ2) is 8.83. The highest BCUT2D eigenvalue weighted by atomic mass is 19.1. The molecule has 0 saturated carbocycles. The molecule has 0 fully saturated rings. The van der Waals surface area contributed by atoms with E-state index in [0.717, 1.165) is 5.56 Å². The van der Waals surface area contributed by atoms with E-state index in [4.69, 9.17) is 9.47 Å². The molecular weight excluding hydrogens is 397 g/mol. The Hall–Kier alpha value is -3.93. The van der Waals surface area contributed by atoms with Gasteiger partial charge in [-0.15, -0.1) is 0 Å². The van der Waals surface area contributed by atoms with Gasteiger partial charge in [0.25, 0.3) is 0 Å². The molecule has 1 aliphatic heterocycles. The van der Waals surface area contributed by atoms with E-state index in [9.17, 15) is 14.0 Å². The van der Waals surface area contributed by atoms with E-state index in [1.165, 1.54) is 18.2 Å². The summed E-state index contributed by atoms with van der Waals surface area (Å²) in [6.45, 7) is 0.0801. The molecule has 1 amide bonds. The SMILES string of the molecule is O=C1C=C[C@@](c2ccccc2)([C@@H](NC(=O)OCc2ccccc2)c2ccc(F)cc2)O1. The highest BCUT2D eigenvalue weighted by Crippen LogP contribution is 2.43. The number of hydrogen-bond donors (Lipinski definition) is 1. The fourth-order valence-corrected chi connectivity index (χ4v) is 3.58. The predicted octanol–water partition coefficient (Wildman–Crippen LogP) is 4.80. The zero-order valence-corrected chi connectivity index (χ0v) is 16.5. The molecule has 156 valence electrons. The fourth-order valence-electron chi connectivity index (χ4n) is 3.58. The number of ether oxygens (including phenoxy) is 2. The first kappa shape index (κ1) is 20.3. The van der Waals surface area contributed by atoms with Crippen LogP contribution in [0.2, 0.25) is 0 Å². The first-order valence-electron chi connectivity index (χ1n) is 9.77. The van der Waals surface area contributed by atoms with E-state index in [-0.39, 0.29) is 6.61 Å². The summed E-state index contributed by atoms with van der Waals surface area (Å²) in [6, 6.07) is 23.2. The van der Waals surface area contributed by atoms with E-state index >= 15 is 0 Å². The molecule has 0 bridgehead atoms. The van der Waals surface area contributed by atoms with Gasteiger partial charge in [0.15, 0.2) is 5.60 Å². The van der Waals surface area contributed by atoms with Crippen molar-refractivity contribution in [3.05, 3.63) is 120 Å². The van der Waals surface area contributed by atoms with Crippen molar-refractivity contribution < 1.29 is 23.5 Å². The molecule has 3 aromatic carbocycles. The Labute approximate surface area is 179 Å². The molecule has 0 aliphatic carbocycles. The van der Waals surface area contributed by atoms with Crippen LogP contribution in [0.25, 0.3) is 0 Å². The van der Waals surface area contributed by atoms with Crippen LogP contribution in [0.15, 0.2) is 97.1 Å². The largest absolute Gasteiger partial charge is 0.445 e. The maximum Gasteiger partial charge on any atom is 0.408 e. The standard InChI is InChI=1S/C25H20FNO4/c26-21-13-11-19(12-14-21)23(27-24(29)30-17-18-7-3-1-4-8-18)25(16-15-22(28)31-25)20-9-5-2-6-10-20/h1-16,23H,17H2,(H,27,29)/t23-,25+/m0/s1. The fraction of sp³-hybridized carbons (Fsp3) is 0.120. The molecule has 2 atom stereocenters. The van der Waals surface area contributed by atoms with E-state index < -0.39 is 29.5 Å². The predicted molar refractivity (Wildman–Crippen MR) is 112 cm³/mol. The molecule has 3 aromatic rings. The lowest BCUT2D eigenvalue weighted by molar-refractivity contribution is -0.149. The van der Waals surface area contributed by atoms with Gasteiger partial charge >= 0.3 is 12.1 Å². The van der Waals surface area contributed by atoms with Crippen molar-refractivity contribution >= 4 is 12.1 Å². The number of esters is 1. The Morgan fingerprint density at radius 1 is 0.968 bits per heavy atom. The summed E-state index contributed by atoms with van der Waals surface area (Å²) in [5, 5.41) is 2.81. The van der Waals surface area contributed by atoms with Gasteiger partial charge in [-0.05, 0) is 29.3 Å². The third-order valence-corrected chi connectivity index (χ3v) is 5.07. The van der Waals surface area contributed by atoms with Crippen LogP contribution in [0, 0.1) is 5.82 Å². The highest BCUT2D eigenvalue weighted by Gasteiger charge is 2.47. The summed E-state index contributed by atoms with van der Waals surface area (Å²) < 4.78 is 24.7. The molecule has 4 rings (SSSR count). The molecule has 1 heterocycles. The van der Waals surface area contributed by atoms with Crippen molar-refractivity contribution in [1.29, 1.82) is 0 Å². The van der Waals surface area contributed by atoms with Crippen LogP contribution in [0.1, 0.15) is 22.7 Å². The number of cyclic esters (lactones) is 1. The number of carbonyl (C=O) groups excluding carboxylic acids is 2. The zero-order valence-electron chi connectivity index (χ0n) is 16.5. The molecule has 6 heteroatoms. The molecule has 0 aromatic heterocycles. The monoisotopic (exact) mass is 417 g/mol. The molecule has 5 nitrogen and oxygen atoms in total. The van der Waals surface area contributed by atoms with Crippen LogP contribution in [-0.4, -0.2) is 12.1 Å². The number of halogens is 1. The second-order valence-corrected chi connectivity index (χ2v) is 7.10. The number of alkyl carbamates (subject to hydrolysis) is 1. The van der Waals surface area contributed by atoms with Crippen molar-refractivity contribution in [2.75, 3.05) is 0 Å². The molecule has 1 aliphatic rings. The van der Waals surface area contributed by atoms with Crippen LogP contribution >= 0.6 is 0 Å². The summed E-state index contributed by atoms with van der Waals surface area (Å²) in [5.74, 6) is -0.947. The summed E-state index contributed by atoms with van der Waals surface area (Å²) in [5.41, 5.74) is 0.749. The van der Waals surface area contributed by atoms with Gasteiger partial charge in [0.05, 0.1) is 0 Å². The lowest BCUT2D eigenvalue weighted by Gasteiger charge is -2.36. The molecule has 31 heavy (non-hydrogen) atoms. The van der Waals surface area contributed by atoms with E-state index in [1.807, 2.05) is 48.5 Å². The van der Waals surface area contributed by atoms with Crippen molar-refractivity contribution in [2.45, 2.75) is 18.2 Å². The van der Waals surface area contributed by atoms with Gasteiger partial charge in [0.2, 0.25) is 0 Å². The number of hydrogen-bond acceptors (Lipinski definition) is 4. The van der Waals surface area contributed by atoms with Crippen LogP contribution in [-0.2, 0) is 26.5 Å². The van der Waals surface area contributed by atoms with Gasteiger partial charge < -0.3 is 14.8 Å². The number of benzene rings is 3. The first-order valence-corrected chi connectivity index (χ1v) is 9.77. The van der Waals surface area contributed by atoms with Crippen molar-refractivity contribution in [1.82, 2.24) is 5.32 Å². The highest BCUT2D eigenvalue weighted by molar-refractivity contribution is 5.86. The maximum absolute atomic E-state index is 13.6. The maximum atomic E-state index is 13.6. The minimum absolute atomic E-state index is 0.0801. The number of amides is 1. The minimum atomic E-state index is -1.30. The molecule has 0 radical (unpaired) electrons. The quantitative estimate of drug-likeness (QED) is 0.585. The normalized spacial score (nSPS) is 18.3. The summed E-state index contributed by atoms with van der Waals surface area (Å²) in [4.78, 5) is 24.8. The van der Waals surface area contributed by atoms with E-state index in [0.29, 0.717) is 11.1 Å². The minimum Gasteiger partial charge on any atom is -0.445 e. The number of rotatable bonds is 6. The van der Waals surface area contributed by atoms with Crippen LogP contribution in [0.5, 0.6) is 0 Å². The summed E-state index contributed by atoms with van der Waals surface area (Å²) in [7, 11) is 0. The van der Waals surface area contributed by atoms with Crippen molar-refractivity contribution in [3.63, 3.8) is 0 Å². The van der Waals surface area contributed by atoms with E-state index in [2.05, 4.69) is 5.32 Å². The van der Waals surface area contributed by atoms with Gasteiger partial charge in [-0.2, -0.15) is 0 Å². The van der Waals surface area contributed by atoms with Gasteiger partial charge in [-0.1, -0.05) is 72.8 Å². The van der Waals surface area contributed by atoms with E-state index in [1.54, 1.807) is 30.3 Å². The third kappa shape index (κ3) is 4.48. The van der Waals surface area contributed by atoms with Gasteiger partial charge in [0.1, 0.15) is 18.5 Å². The number of carbonyl (C=O) groups is 2. The van der Waals surface area contributed by atoms with Crippen molar-refractivity contribution in [3.8, 4) is 0 Å². The van der Waals surface area contributed by atoms with Crippen LogP contribution in [0.3, 0.4) is 0 Å². The lowest BCUT2D eigenvalue weighted by atomic mass is 9.82. The molecule has 0 unspecified atom stereocenters. The smallest absolute Gasteiger partial charge is 0.408 e. The second-order valence-electron chi connectivity index (χ2n) is 7.10. The molecule has 1 N–H and O–H groups in total. The Kier molecular flexibility index (Phi) is 5.80. The van der Waals surface area contributed by atoms with Gasteiger partial charge in [-0.25, -0.2) is 14.0 Å². The van der Waals surface area contributed by atoms with Gasteiger partial charge in [-0.3, -0.25) is 0 Å².